The fourth-order valence-electron chi connectivity index (χ4n) is 2.19. The third-order valence-corrected chi connectivity index (χ3v) is 3.30. The molecule has 0 spiro atoms. The molecule has 0 bridgehead atoms. The average Bonchev–Trinajstić information content (AvgIpc) is 3.13. The van der Waals surface area contributed by atoms with Gasteiger partial charge in [-0.05, 0) is 12.1 Å². The van der Waals surface area contributed by atoms with Gasteiger partial charge in [0.1, 0.15) is 24.8 Å². The van der Waals surface area contributed by atoms with Crippen LogP contribution in [-0.2, 0) is 21.8 Å². The molecule has 0 unspecified atom stereocenters. The summed E-state index contributed by atoms with van der Waals surface area (Å²) in [5.74, 6) is -0.439. The van der Waals surface area contributed by atoms with Crippen molar-refractivity contribution >= 4 is 11.0 Å². The van der Waals surface area contributed by atoms with Crippen molar-refractivity contribution < 1.29 is 13.9 Å². The smallest absolute Gasteiger partial charge is 0.248 e. The lowest BCUT2D eigenvalue weighted by Crippen LogP contribution is -2.35. The normalized spacial score (nSPS) is 12.1. The molecule has 20 heavy (non-hydrogen) atoms. The number of methoxy groups -OCH3 is 2. The SMILES string of the molecule is COC(Cn1cncn1)(OC)c1cc2ccccc2o1. The van der Waals surface area contributed by atoms with Crippen LogP contribution in [0.3, 0.4) is 0 Å². The Morgan fingerprint density at radius 2 is 2.05 bits per heavy atom. The summed E-state index contributed by atoms with van der Waals surface area (Å²) in [5.41, 5.74) is 0.791. The minimum absolute atomic E-state index is 0.347. The van der Waals surface area contributed by atoms with E-state index in [4.69, 9.17) is 13.9 Å². The van der Waals surface area contributed by atoms with Crippen LogP contribution < -0.4 is 0 Å². The molecule has 0 aliphatic rings. The Morgan fingerprint density at radius 3 is 2.70 bits per heavy atom. The van der Waals surface area contributed by atoms with E-state index in [2.05, 4.69) is 10.1 Å². The Kier molecular flexibility index (Phi) is 3.25. The fourth-order valence-corrected chi connectivity index (χ4v) is 2.19. The summed E-state index contributed by atoms with van der Waals surface area (Å²) in [6, 6.07) is 9.69. The molecular formula is C14H15N3O3. The molecule has 6 heteroatoms. The van der Waals surface area contributed by atoms with Crippen molar-refractivity contribution in [3.05, 3.63) is 48.7 Å². The fraction of sp³-hybridized carbons (Fsp3) is 0.286. The lowest BCUT2D eigenvalue weighted by molar-refractivity contribution is -0.236. The Morgan fingerprint density at radius 1 is 1.25 bits per heavy atom. The molecule has 0 fully saturated rings. The Labute approximate surface area is 115 Å². The van der Waals surface area contributed by atoms with Crippen molar-refractivity contribution in [2.45, 2.75) is 12.3 Å². The van der Waals surface area contributed by atoms with E-state index in [9.17, 15) is 0 Å². The van der Waals surface area contributed by atoms with Crippen molar-refractivity contribution in [2.24, 2.45) is 0 Å². The highest BCUT2D eigenvalue weighted by molar-refractivity contribution is 5.77. The van der Waals surface area contributed by atoms with Crippen LogP contribution in [0.5, 0.6) is 0 Å². The Bertz CT molecular complexity index is 654. The molecular weight excluding hydrogens is 258 g/mol. The summed E-state index contributed by atoms with van der Waals surface area (Å²) in [6.07, 6.45) is 3.07. The van der Waals surface area contributed by atoms with Gasteiger partial charge in [-0.1, -0.05) is 18.2 Å². The summed E-state index contributed by atoms with van der Waals surface area (Å²) in [4.78, 5) is 3.92. The van der Waals surface area contributed by atoms with Gasteiger partial charge >= 0.3 is 0 Å². The van der Waals surface area contributed by atoms with Gasteiger partial charge in [0, 0.05) is 19.6 Å². The lowest BCUT2D eigenvalue weighted by atomic mass is 10.2. The topological polar surface area (TPSA) is 62.3 Å². The number of benzene rings is 1. The van der Waals surface area contributed by atoms with Crippen LogP contribution >= 0.6 is 0 Å². The first-order valence-electron chi connectivity index (χ1n) is 6.19. The summed E-state index contributed by atoms with van der Waals surface area (Å²) >= 11 is 0. The van der Waals surface area contributed by atoms with E-state index in [0.29, 0.717) is 12.3 Å². The molecule has 0 aliphatic heterocycles. The van der Waals surface area contributed by atoms with Crippen molar-refractivity contribution in [1.82, 2.24) is 14.8 Å². The van der Waals surface area contributed by atoms with Gasteiger partial charge in [-0.3, -0.25) is 0 Å². The summed E-state index contributed by atoms with van der Waals surface area (Å²) in [7, 11) is 3.15. The van der Waals surface area contributed by atoms with Crippen LogP contribution in [0.25, 0.3) is 11.0 Å². The van der Waals surface area contributed by atoms with Gasteiger partial charge in [-0.2, -0.15) is 5.10 Å². The number of nitrogens with zero attached hydrogens (tertiary/aromatic N) is 3. The Balaban J connectivity index is 2.04. The van der Waals surface area contributed by atoms with Crippen LogP contribution in [0.4, 0.5) is 0 Å². The van der Waals surface area contributed by atoms with Crippen molar-refractivity contribution in [3.63, 3.8) is 0 Å². The van der Waals surface area contributed by atoms with Crippen molar-refractivity contribution in [2.75, 3.05) is 14.2 Å². The van der Waals surface area contributed by atoms with Gasteiger partial charge in [0.25, 0.3) is 0 Å². The number of fused-ring (bicyclic) bond motifs is 1. The van der Waals surface area contributed by atoms with E-state index in [-0.39, 0.29) is 0 Å². The van der Waals surface area contributed by atoms with E-state index in [1.54, 1.807) is 25.2 Å². The first-order valence-corrected chi connectivity index (χ1v) is 6.19. The van der Waals surface area contributed by atoms with E-state index in [1.807, 2.05) is 30.3 Å². The standard InChI is InChI=1S/C14H15N3O3/c1-18-14(19-2,8-17-10-15-9-16-17)13-7-11-5-3-4-6-12(11)20-13/h3-7,9-10H,8H2,1-2H3. The third-order valence-electron chi connectivity index (χ3n) is 3.30. The second kappa shape index (κ2) is 5.07. The minimum Gasteiger partial charge on any atom is -0.455 e. The monoisotopic (exact) mass is 273 g/mol. The van der Waals surface area contributed by atoms with Gasteiger partial charge in [0.15, 0.2) is 5.76 Å². The summed E-state index contributed by atoms with van der Waals surface area (Å²) in [5, 5.41) is 5.08. The number of aromatic nitrogens is 3. The number of rotatable bonds is 5. The molecule has 0 amide bonds. The van der Waals surface area contributed by atoms with Crippen LogP contribution in [0.1, 0.15) is 5.76 Å². The number of hydrogen-bond acceptors (Lipinski definition) is 5. The van der Waals surface area contributed by atoms with Gasteiger partial charge < -0.3 is 13.9 Å². The van der Waals surface area contributed by atoms with E-state index in [1.165, 1.54) is 6.33 Å². The zero-order valence-corrected chi connectivity index (χ0v) is 11.3. The van der Waals surface area contributed by atoms with Gasteiger partial charge in [0.05, 0.1) is 0 Å². The average molecular weight is 273 g/mol. The van der Waals surface area contributed by atoms with Crippen LogP contribution in [0.15, 0.2) is 47.4 Å². The molecule has 0 atom stereocenters. The van der Waals surface area contributed by atoms with E-state index >= 15 is 0 Å². The quantitative estimate of drug-likeness (QED) is 0.667. The molecule has 104 valence electrons. The summed E-state index contributed by atoms with van der Waals surface area (Å²) in [6.45, 7) is 0.347. The molecule has 0 aliphatic carbocycles. The second-order valence-electron chi connectivity index (χ2n) is 4.40. The molecule has 0 saturated carbocycles. The zero-order chi connectivity index (χ0) is 14.0. The maximum Gasteiger partial charge on any atom is 0.248 e. The van der Waals surface area contributed by atoms with E-state index in [0.717, 1.165) is 11.0 Å². The molecule has 2 aromatic heterocycles. The maximum atomic E-state index is 5.85. The second-order valence-corrected chi connectivity index (χ2v) is 4.40. The molecule has 3 aromatic rings. The highest BCUT2D eigenvalue weighted by Crippen LogP contribution is 2.32. The maximum absolute atomic E-state index is 5.85. The number of para-hydroxylation sites is 1. The molecule has 1 aromatic carbocycles. The number of hydrogen-bond donors (Lipinski definition) is 0. The van der Waals surface area contributed by atoms with Gasteiger partial charge in [-0.25, -0.2) is 9.67 Å². The molecule has 6 nitrogen and oxygen atoms in total. The minimum atomic E-state index is -1.03. The molecule has 3 rings (SSSR count). The molecule has 0 N–H and O–H groups in total. The Hall–Kier alpha value is -2.18. The lowest BCUT2D eigenvalue weighted by Gasteiger charge is -2.28. The van der Waals surface area contributed by atoms with Crippen LogP contribution in [-0.4, -0.2) is 29.0 Å². The van der Waals surface area contributed by atoms with Crippen LogP contribution in [0.2, 0.25) is 0 Å². The molecule has 0 saturated heterocycles. The predicted molar refractivity (Wildman–Crippen MR) is 71.9 cm³/mol. The first kappa shape index (κ1) is 12.8. The van der Waals surface area contributed by atoms with E-state index < -0.39 is 5.79 Å². The third kappa shape index (κ3) is 2.09. The number of ether oxygens (including phenoxy) is 2. The highest BCUT2D eigenvalue weighted by Gasteiger charge is 2.37. The van der Waals surface area contributed by atoms with Gasteiger partial charge in [0.2, 0.25) is 5.79 Å². The van der Waals surface area contributed by atoms with Crippen LogP contribution in [0, 0.1) is 0 Å². The first-order chi connectivity index (χ1) is 9.77. The highest BCUT2D eigenvalue weighted by atomic mass is 16.7. The zero-order valence-electron chi connectivity index (χ0n) is 11.3. The number of furan rings is 1. The van der Waals surface area contributed by atoms with Crippen molar-refractivity contribution in [1.29, 1.82) is 0 Å². The summed E-state index contributed by atoms with van der Waals surface area (Å²) < 4.78 is 18.6. The van der Waals surface area contributed by atoms with Crippen molar-refractivity contribution in [3.8, 4) is 0 Å². The van der Waals surface area contributed by atoms with Gasteiger partial charge in [-0.15, -0.1) is 0 Å². The molecule has 0 radical (unpaired) electrons. The largest absolute Gasteiger partial charge is 0.455 e. The molecule has 2 heterocycles. The predicted octanol–water partition coefficient (Wildman–Crippen LogP) is 2.17.